The number of aromatic nitrogens is 2. The predicted molar refractivity (Wildman–Crippen MR) is 233 cm³/mol. The van der Waals surface area contributed by atoms with Crippen molar-refractivity contribution in [2.75, 3.05) is 33.5 Å². The minimum Gasteiger partial charge on any atom is -0.505 e. The number of aromatic hydroxyl groups is 2. The summed E-state index contributed by atoms with van der Waals surface area (Å²) in [6.45, 7) is -1.81. The third-order valence-corrected chi connectivity index (χ3v) is 11.7. The molecule has 5 aromatic carbocycles. The lowest BCUT2D eigenvalue weighted by molar-refractivity contribution is 0.0697. The number of hydrogen-bond donors (Lipinski definition) is 9. The number of carboxylic acid groups (broad SMARTS) is 1. The van der Waals surface area contributed by atoms with Crippen LogP contribution in [0.4, 0.5) is 34.1 Å². The molecule has 0 fully saturated rings. The van der Waals surface area contributed by atoms with Crippen molar-refractivity contribution in [2.45, 2.75) is 14.7 Å². The summed E-state index contributed by atoms with van der Waals surface area (Å²) in [5.74, 6) is -5.21. The van der Waals surface area contributed by atoms with Gasteiger partial charge in [0.25, 0.3) is 36.3 Å². The van der Waals surface area contributed by atoms with Crippen LogP contribution in [-0.2, 0) is 30.4 Å². The molecule has 31 heteroatoms. The number of nitrogens with two attached hydrogens (primary N) is 1. The van der Waals surface area contributed by atoms with Gasteiger partial charge in [-0.2, -0.15) is 35.0 Å². The molecule has 1 aromatic heterocycles. The van der Waals surface area contributed by atoms with Crippen LogP contribution < -0.4 is 19.9 Å². The number of hydrogen-bond acceptors (Lipinski definition) is 22. The second-order valence-electron chi connectivity index (χ2n) is 13.5. The van der Waals surface area contributed by atoms with Crippen LogP contribution in [0.5, 0.6) is 28.9 Å². The third-order valence-electron chi connectivity index (χ3n) is 9.09. The van der Waals surface area contributed by atoms with E-state index < -0.39 is 110 Å². The number of aromatic carboxylic acids is 1. The number of carbonyl (C=O) groups excluding carboxylic acids is 1. The van der Waals surface area contributed by atoms with Crippen molar-refractivity contribution < 1.29 is 88.2 Å². The number of carboxylic acids is 1. The van der Waals surface area contributed by atoms with Crippen LogP contribution >= 0.6 is 0 Å². The first-order chi connectivity index (χ1) is 32.5. The molecule has 0 spiro atoms. The molecule has 28 nitrogen and oxygen atoms in total. The van der Waals surface area contributed by atoms with Crippen molar-refractivity contribution in [3.8, 4) is 34.6 Å². The largest absolute Gasteiger partial charge is 0.505 e. The summed E-state index contributed by atoms with van der Waals surface area (Å²) in [6.07, 6.45) is 0. The van der Waals surface area contributed by atoms with Crippen LogP contribution in [0.1, 0.15) is 20.8 Å². The number of rotatable bonds is 19. The topological polar surface area (TPSA) is 444 Å². The van der Waals surface area contributed by atoms with E-state index in [1.54, 1.807) is 0 Å². The Labute approximate surface area is 387 Å². The van der Waals surface area contributed by atoms with Gasteiger partial charge in [0.05, 0.1) is 36.5 Å². The molecule has 69 heavy (non-hydrogen) atoms. The summed E-state index contributed by atoms with van der Waals surface area (Å²) >= 11 is 0. The van der Waals surface area contributed by atoms with E-state index in [-0.39, 0.29) is 64.0 Å². The zero-order valence-electron chi connectivity index (χ0n) is 34.7. The lowest BCUT2D eigenvalue weighted by atomic mass is 10.1. The number of aliphatic hydroxyl groups excluding tert-OH is 2. The monoisotopic (exact) mass is 1020 g/mol. The number of carbonyl (C=O) groups is 2. The van der Waals surface area contributed by atoms with Gasteiger partial charge in [-0.1, -0.05) is 0 Å². The van der Waals surface area contributed by atoms with Gasteiger partial charge in [0, 0.05) is 23.6 Å². The molecule has 0 aliphatic carbocycles. The zero-order valence-corrected chi connectivity index (χ0v) is 37.2. The number of amides is 1. The van der Waals surface area contributed by atoms with Gasteiger partial charge in [-0.25, -0.2) is 4.79 Å². The molecular weight excluding hydrogens is 983 g/mol. The Kier molecular flexibility index (Phi) is 14.6. The standard InChI is InChI=1S/C38H33N9O19S3/c1-64-20-3-6-25(30(14-20)68(58,59)60)41-42-26-16-29(66-11-9-49)27(17-28(26)65-10-8-48)43-44-32-31(69(61,62)63)13-18-12-19(2-5-22(18)35(32)50)47-37(52)34(33(46-47)36(39)51)45-40-24-7-4-21(67(55,56)57)15-23(24)38(53)54/h2-7,12-17,48-50,52H,8-11H2,1H3,(H2,39,51)(H,53,54)(H,55,56,57)(H,58,59,60)(H,61,62,63). The molecule has 1 heterocycles. The van der Waals surface area contributed by atoms with Crippen LogP contribution in [0.25, 0.3) is 16.5 Å². The molecular formula is C38H33N9O19S3. The predicted octanol–water partition coefficient (Wildman–Crippen LogP) is 4.97. The lowest BCUT2D eigenvalue weighted by Gasteiger charge is -2.13. The van der Waals surface area contributed by atoms with Crippen LogP contribution in [0, 0.1) is 0 Å². The molecule has 0 radical (unpaired) electrons. The molecule has 0 saturated carbocycles. The van der Waals surface area contributed by atoms with Crippen molar-refractivity contribution in [3.05, 3.63) is 84.1 Å². The van der Waals surface area contributed by atoms with E-state index in [0.717, 1.165) is 42.5 Å². The number of benzene rings is 5. The number of methoxy groups -OCH3 is 1. The Balaban J connectivity index is 1.44. The second-order valence-corrected chi connectivity index (χ2v) is 17.8. The molecule has 0 saturated heterocycles. The fraction of sp³-hybridized carbons (Fsp3) is 0.132. The Morgan fingerprint density at radius 3 is 1.78 bits per heavy atom. The zero-order chi connectivity index (χ0) is 50.6. The Morgan fingerprint density at radius 1 is 0.667 bits per heavy atom. The number of ether oxygens (including phenoxy) is 3. The highest BCUT2D eigenvalue weighted by Crippen LogP contribution is 2.46. The van der Waals surface area contributed by atoms with E-state index in [2.05, 4.69) is 35.8 Å². The first kappa shape index (κ1) is 50.4. The molecule has 6 rings (SSSR count). The molecule has 10 N–H and O–H groups in total. The van der Waals surface area contributed by atoms with E-state index in [1.165, 1.54) is 31.4 Å². The van der Waals surface area contributed by atoms with Crippen molar-refractivity contribution in [3.63, 3.8) is 0 Å². The van der Waals surface area contributed by atoms with Gasteiger partial charge >= 0.3 is 5.97 Å². The summed E-state index contributed by atoms with van der Waals surface area (Å²) in [4.78, 5) is 21.7. The van der Waals surface area contributed by atoms with E-state index in [1.807, 2.05) is 0 Å². The van der Waals surface area contributed by atoms with E-state index in [9.17, 15) is 74.0 Å². The summed E-state index contributed by atoms with van der Waals surface area (Å²) in [5, 5.41) is 78.0. The van der Waals surface area contributed by atoms with Crippen molar-refractivity contribution >= 4 is 87.1 Å². The highest BCUT2D eigenvalue weighted by atomic mass is 32.2. The maximum atomic E-state index is 12.8. The quantitative estimate of drug-likeness (QED) is 0.0382. The molecule has 6 aromatic rings. The highest BCUT2D eigenvalue weighted by Gasteiger charge is 2.27. The summed E-state index contributed by atoms with van der Waals surface area (Å²) in [5.41, 5.74) is 0.888. The number of phenolic OH excluding ortho intramolecular Hbond substituents is 1. The van der Waals surface area contributed by atoms with Crippen molar-refractivity contribution in [2.24, 2.45) is 36.4 Å². The number of phenols is 1. The van der Waals surface area contributed by atoms with Crippen LogP contribution in [0.15, 0.2) is 118 Å². The molecule has 362 valence electrons. The van der Waals surface area contributed by atoms with Gasteiger partial charge in [-0.05, 0) is 60.0 Å². The van der Waals surface area contributed by atoms with Gasteiger partial charge in [0.1, 0.15) is 68.7 Å². The minimum atomic E-state index is -5.28. The molecule has 0 bridgehead atoms. The van der Waals surface area contributed by atoms with Gasteiger partial charge < -0.3 is 45.5 Å². The lowest BCUT2D eigenvalue weighted by Crippen LogP contribution is -2.12. The van der Waals surface area contributed by atoms with Crippen molar-refractivity contribution in [1.29, 1.82) is 0 Å². The average Bonchev–Trinajstić information content (AvgIpc) is 3.63. The smallest absolute Gasteiger partial charge is 0.338 e. The maximum absolute atomic E-state index is 12.8. The molecule has 0 unspecified atom stereocenters. The molecule has 0 aliphatic rings. The third kappa shape index (κ3) is 11.2. The normalized spacial score (nSPS) is 12.4. The number of nitrogens with zero attached hydrogens (tertiary/aromatic N) is 8. The van der Waals surface area contributed by atoms with Gasteiger partial charge in [0.2, 0.25) is 5.88 Å². The van der Waals surface area contributed by atoms with Crippen LogP contribution in [-0.4, -0.2) is 120 Å². The molecule has 1 amide bonds. The Bertz CT molecular complexity index is 3490. The first-order valence-electron chi connectivity index (χ1n) is 18.8. The first-order valence-corrected chi connectivity index (χ1v) is 23.1. The Hall–Kier alpha value is -8.04. The summed E-state index contributed by atoms with van der Waals surface area (Å²) in [7, 11) is -13.7. The van der Waals surface area contributed by atoms with Crippen LogP contribution in [0.3, 0.4) is 0 Å². The second kappa shape index (κ2) is 20.1. The maximum Gasteiger partial charge on any atom is 0.338 e. The van der Waals surface area contributed by atoms with E-state index in [4.69, 9.17) is 19.9 Å². The van der Waals surface area contributed by atoms with E-state index >= 15 is 0 Å². The Morgan fingerprint density at radius 2 is 1.23 bits per heavy atom. The number of azo groups is 3. The highest BCUT2D eigenvalue weighted by molar-refractivity contribution is 7.86. The number of primary amides is 1. The number of fused-ring (bicyclic) bond motifs is 1. The molecule has 0 atom stereocenters. The van der Waals surface area contributed by atoms with Gasteiger partial charge in [0.15, 0.2) is 17.1 Å². The summed E-state index contributed by atoms with van der Waals surface area (Å²) < 4.78 is 119. The fourth-order valence-corrected chi connectivity index (χ4v) is 7.80. The van der Waals surface area contributed by atoms with E-state index in [0.29, 0.717) is 10.7 Å². The van der Waals surface area contributed by atoms with Gasteiger partial charge in [-0.3, -0.25) is 18.5 Å². The fourth-order valence-electron chi connectivity index (χ4n) is 6.00. The van der Waals surface area contributed by atoms with Gasteiger partial charge in [-0.15, -0.1) is 30.7 Å². The van der Waals surface area contributed by atoms with Crippen molar-refractivity contribution in [1.82, 2.24) is 9.78 Å². The average molecular weight is 1020 g/mol. The SMILES string of the molecule is COc1ccc(N=Nc2cc(OCCO)c(N=Nc3c(S(=O)(=O)O)cc4cc(-n5nc(C(N)=O)c(N=Nc6ccc(S(=O)(=O)O)cc6C(=O)O)c5O)ccc4c3O)cc2OCCO)c(S(=O)(=O)O)c1. The number of aliphatic hydroxyl groups is 2. The summed E-state index contributed by atoms with van der Waals surface area (Å²) in [6, 6.07) is 12.3. The minimum absolute atomic E-state index is 0.0583. The van der Waals surface area contributed by atoms with Crippen LogP contribution in [0.2, 0.25) is 0 Å². The molecule has 0 aliphatic heterocycles.